The van der Waals surface area contributed by atoms with Crippen molar-refractivity contribution >= 4 is 18.3 Å². The summed E-state index contributed by atoms with van der Waals surface area (Å²) in [6, 6.07) is 0.0283. The van der Waals surface area contributed by atoms with Crippen LogP contribution >= 0.6 is 12.4 Å². The summed E-state index contributed by atoms with van der Waals surface area (Å²) in [6.07, 6.45) is 3.56. The molecule has 0 aromatic carbocycles. The molecule has 0 spiro atoms. The SMILES string of the molecule is Cc1c(C(C)NC(=O)CC2CCNC2)cnn1C.Cl. The summed E-state index contributed by atoms with van der Waals surface area (Å²) < 4.78 is 1.83. The molecule has 1 aromatic rings. The highest BCUT2D eigenvalue weighted by molar-refractivity contribution is 5.85. The molecule has 2 heterocycles. The van der Waals surface area contributed by atoms with Crippen LogP contribution in [-0.4, -0.2) is 28.8 Å². The smallest absolute Gasteiger partial charge is 0.220 e. The topological polar surface area (TPSA) is 59.0 Å². The molecule has 1 fully saturated rings. The molecule has 19 heavy (non-hydrogen) atoms. The minimum Gasteiger partial charge on any atom is -0.349 e. The molecule has 2 N–H and O–H groups in total. The summed E-state index contributed by atoms with van der Waals surface area (Å²) >= 11 is 0. The van der Waals surface area contributed by atoms with Gasteiger partial charge in [-0.05, 0) is 39.3 Å². The number of nitrogens with zero attached hydrogens (tertiary/aromatic N) is 2. The number of nitrogens with one attached hydrogen (secondary N) is 2. The molecule has 1 aliphatic rings. The number of carbonyl (C=O) groups excluding carboxylic acids is 1. The largest absolute Gasteiger partial charge is 0.349 e. The first kappa shape index (κ1) is 16.0. The van der Waals surface area contributed by atoms with Crippen molar-refractivity contribution in [3.63, 3.8) is 0 Å². The Hall–Kier alpha value is -1.07. The molecule has 2 atom stereocenters. The van der Waals surface area contributed by atoms with Gasteiger partial charge in [-0.1, -0.05) is 0 Å². The Kier molecular flexibility index (Phi) is 5.82. The van der Waals surface area contributed by atoms with Gasteiger partial charge in [-0.25, -0.2) is 0 Å². The van der Waals surface area contributed by atoms with E-state index in [0.29, 0.717) is 12.3 Å². The van der Waals surface area contributed by atoms with Crippen molar-refractivity contribution in [2.24, 2.45) is 13.0 Å². The van der Waals surface area contributed by atoms with Crippen LogP contribution in [0.4, 0.5) is 0 Å². The number of aryl methyl sites for hydroxylation is 1. The van der Waals surface area contributed by atoms with Gasteiger partial charge in [0, 0.05) is 24.7 Å². The van der Waals surface area contributed by atoms with Gasteiger partial charge < -0.3 is 10.6 Å². The van der Waals surface area contributed by atoms with E-state index >= 15 is 0 Å². The highest BCUT2D eigenvalue weighted by atomic mass is 35.5. The number of hydrogen-bond donors (Lipinski definition) is 2. The van der Waals surface area contributed by atoms with Crippen molar-refractivity contribution in [1.82, 2.24) is 20.4 Å². The first-order chi connectivity index (χ1) is 8.58. The fourth-order valence-electron chi connectivity index (χ4n) is 2.47. The predicted molar refractivity (Wildman–Crippen MR) is 77.3 cm³/mol. The average Bonchev–Trinajstić information content (AvgIpc) is 2.91. The highest BCUT2D eigenvalue weighted by Gasteiger charge is 2.20. The van der Waals surface area contributed by atoms with Crippen molar-refractivity contribution in [2.75, 3.05) is 13.1 Å². The van der Waals surface area contributed by atoms with E-state index in [1.807, 2.05) is 31.8 Å². The number of carbonyl (C=O) groups is 1. The first-order valence-electron chi connectivity index (χ1n) is 6.56. The molecule has 0 saturated carbocycles. The van der Waals surface area contributed by atoms with E-state index in [2.05, 4.69) is 15.7 Å². The summed E-state index contributed by atoms with van der Waals surface area (Å²) in [5.74, 6) is 0.631. The zero-order valence-corrected chi connectivity index (χ0v) is 12.6. The fraction of sp³-hybridized carbons (Fsp3) is 0.692. The molecule has 0 radical (unpaired) electrons. The average molecular weight is 287 g/mol. The van der Waals surface area contributed by atoms with Crippen LogP contribution in [0.25, 0.3) is 0 Å². The van der Waals surface area contributed by atoms with Crippen LogP contribution in [-0.2, 0) is 11.8 Å². The van der Waals surface area contributed by atoms with Crippen molar-refractivity contribution in [2.45, 2.75) is 32.7 Å². The molecule has 0 bridgehead atoms. The first-order valence-corrected chi connectivity index (χ1v) is 6.56. The Balaban J connectivity index is 0.00000180. The second-order valence-electron chi connectivity index (χ2n) is 5.16. The summed E-state index contributed by atoms with van der Waals surface area (Å²) in [6.45, 7) is 6.03. The molecule has 6 heteroatoms. The third kappa shape index (κ3) is 3.94. The molecule has 1 aromatic heterocycles. The third-order valence-electron chi connectivity index (χ3n) is 3.75. The van der Waals surface area contributed by atoms with E-state index in [-0.39, 0.29) is 24.4 Å². The normalized spacial score (nSPS) is 19.8. The maximum absolute atomic E-state index is 11.9. The molecule has 0 aliphatic carbocycles. The van der Waals surface area contributed by atoms with Crippen LogP contribution in [0.2, 0.25) is 0 Å². The Labute approximate surface area is 120 Å². The molecular formula is C13H23ClN4O. The predicted octanol–water partition coefficient (Wildman–Crippen LogP) is 1.33. The van der Waals surface area contributed by atoms with Gasteiger partial charge in [-0.15, -0.1) is 12.4 Å². The van der Waals surface area contributed by atoms with Crippen LogP contribution in [0.1, 0.15) is 37.1 Å². The van der Waals surface area contributed by atoms with Crippen molar-refractivity contribution < 1.29 is 4.79 Å². The Bertz CT molecular complexity index is 426. The minimum absolute atomic E-state index is 0. The van der Waals surface area contributed by atoms with Gasteiger partial charge in [0.1, 0.15) is 0 Å². The maximum atomic E-state index is 11.9. The van der Waals surface area contributed by atoms with Crippen molar-refractivity contribution in [1.29, 1.82) is 0 Å². The Morgan fingerprint density at radius 3 is 2.95 bits per heavy atom. The quantitative estimate of drug-likeness (QED) is 0.878. The lowest BCUT2D eigenvalue weighted by molar-refractivity contribution is -0.122. The molecule has 2 unspecified atom stereocenters. The van der Waals surface area contributed by atoms with Crippen LogP contribution in [0.15, 0.2) is 6.20 Å². The summed E-state index contributed by atoms with van der Waals surface area (Å²) in [4.78, 5) is 11.9. The molecule has 1 aliphatic heterocycles. The van der Waals surface area contributed by atoms with E-state index in [4.69, 9.17) is 0 Å². The Morgan fingerprint density at radius 1 is 1.68 bits per heavy atom. The van der Waals surface area contributed by atoms with E-state index in [9.17, 15) is 4.79 Å². The third-order valence-corrected chi connectivity index (χ3v) is 3.75. The van der Waals surface area contributed by atoms with Crippen molar-refractivity contribution in [3.05, 3.63) is 17.5 Å². The van der Waals surface area contributed by atoms with Gasteiger partial charge in [0.2, 0.25) is 5.91 Å². The monoisotopic (exact) mass is 286 g/mol. The summed E-state index contributed by atoms with van der Waals surface area (Å²) in [7, 11) is 1.91. The molecule has 5 nitrogen and oxygen atoms in total. The molecule has 108 valence electrons. The van der Waals surface area contributed by atoms with Crippen LogP contribution < -0.4 is 10.6 Å². The minimum atomic E-state index is 0. The lowest BCUT2D eigenvalue weighted by Gasteiger charge is -2.15. The zero-order valence-electron chi connectivity index (χ0n) is 11.8. The second kappa shape index (κ2) is 6.91. The second-order valence-corrected chi connectivity index (χ2v) is 5.16. The van der Waals surface area contributed by atoms with Crippen LogP contribution in [0.5, 0.6) is 0 Å². The lowest BCUT2D eigenvalue weighted by Crippen LogP contribution is -2.29. The van der Waals surface area contributed by atoms with Crippen LogP contribution in [0, 0.1) is 12.8 Å². The van der Waals surface area contributed by atoms with E-state index in [0.717, 1.165) is 30.8 Å². The maximum Gasteiger partial charge on any atom is 0.220 e. The molecule has 1 saturated heterocycles. The summed E-state index contributed by atoms with van der Waals surface area (Å²) in [5.41, 5.74) is 2.20. The van der Waals surface area contributed by atoms with Crippen LogP contribution in [0.3, 0.4) is 0 Å². The number of amides is 1. The van der Waals surface area contributed by atoms with Gasteiger partial charge in [-0.2, -0.15) is 5.10 Å². The van der Waals surface area contributed by atoms with E-state index in [1.54, 1.807) is 0 Å². The van der Waals surface area contributed by atoms with Gasteiger partial charge in [0.25, 0.3) is 0 Å². The number of rotatable bonds is 4. The highest BCUT2D eigenvalue weighted by Crippen LogP contribution is 2.17. The van der Waals surface area contributed by atoms with Gasteiger partial charge in [-0.3, -0.25) is 9.48 Å². The Morgan fingerprint density at radius 2 is 2.42 bits per heavy atom. The number of hydrogen-bond acceptors (Lipinski definition) is 3. The molecular weight excluding hydrogens is 264 g/mol. The summed E-state index contributed by atoms with van der Waals surface area (Å²) in [5, 5.41) is 10.5. The molecule has 2 rings (SSSR count). The van der Waals surface area contributed by atoms with Crippen molar-refractivity contribution in [3.8, 4) is 0 Å². The molecule has 1 amide bonds. The number of aromatic nitrogens is 2. The van der Waals surface area contributed by atoms with E-state index < -0.39 is 0 Å². The lowest BCUT2D eigenvalue weighted by atomic mass is 10.0. The fourth-order valence-corrected chi connectivity index (χ4v) is 2.47. The van der Waals surface area contributed by atoms with E-state index in [1.165, 1.54) is 0 Å². The standard InChI is InChI=1S/C13H22N4O.ClH/c1-9(12-8-15-17(3)10(12)2)16-13(18)6-11-4-5-14-7-11;/h8-9,11,14H,4-7H2,1-3H3,(H,16,18);1H. The zero-order chi connectivity index (χ0) is 13.1. The number of halogens is 1. The van der Waals surface area contributed by atoms with Gasteiger partial charge >= 0.3 is 0 Å². The van der Waals surface area contributed by atoms with Gasteiger partial charge in [0.15, 0.2) is 0 Å². The van der Waals surface area contributed by atoms with Gasteiger partial charge in [0.05, 0.1) is 12.2 Å².